The van der Waals surface area contributed by atoms with Gasteiger partial charge < -0.3 is 14.4 Å². The number of Topliss-reactive ketones (excluding diaryl/α,β-unsaturated/α-hetero) is 1. The Labute approximate surface area is 244 Å². The number of unbranched alkanes of at least 4 members (excludes halogenated alkanes) is 4. The lowest BCUT2D eigenvalue weighted by Crippen LogP contribution is -2.10. The zero-order valence-electron chi connectivity index (χ0n) is 25.1. The minimum Gasteiger partial charge on any atom is -0.465 e. The Balaban J connectivity index is 1.74. The summed E-state index contributed by atoms with van der Waals surface area (Å²) < 4.78 is 7.70. The second-order valence-electron chi connectivity index (χ2n) is 11.3. The summed E-state index contributed by atoms with van der Waals surface area (Å²) in [6, 6.07) is 18.9. The molecular weight excluding hydrogens is 510 g/mol. The number of rotatable bonds is 16. The quantitative estimate of drug-likeness (QED) is 0.0850. The van der Waals surface area contributed by atoms with Crippen LogP contribution >= 0.6 is 0 Å². The largest absolute Gasteiger partial charge is 0.465 e. The number of benzene rings is 3. The smallest absolute Gasteiger partial charge is 0.194 e. The number of carbonyl (C=O) groups excluding carboxylic acids is 2. The second-order valence-corrected chi connectivity index (χ2v) is 11.3. The Morgan fingerprint density at radius 2 is 1.39 bits per heavy atom. The lowest BCUT2D eigenvalue weighted by molar-refractivity contribution is -0.000298. The monoisotopic (exact) mass is 555 g/mol. The lowest BCUT2D eigenvalue weighted by Gasteiger charge is -2.17. The van der Waals surface area contributed by atoms with E-state index in [9.17, 15) is 14.7 Å². The van der Waals surface area contributed by atoms with Gasteiger partial charge in [-0.1, -0.05) is 59.3 Å². The normalized spacial score (nSPS) is 13.0. The van der Waals surface area contributed by atoms with E-state index >= 15 is 0 Å². The maximum absolute atomic E-state index is 13.5. The molecule has 0 aliphatic heterocycles. The van der Waals surface area contributed by atoms with Crippen LogP contribution in [0.1, 0.15) is 112 Å². The third kappa shape index (κ3) is 7.45. The van der Waals surface area contributed by atoms with Gasteiger partial charge in [-0.2, -0.15) is 0 Å². The molecule has 0 saturated carbocycles. The molecule has 0 saturated heterocycles. The molecule has 0 radical (unpaired) electrons. The fraction of sp³-hybridized carbons (Fsp3) is 0.444. The molecule has 0 fully saturated rings. The van der Waals surface area contributed by atoms with Crippen LogP contribution in [0.3, 0.4) is 0 Å². The van der Waals surface area contributed by atoms with Gasteiger partial charge in [0.25, 0.3) is 0 Å². The van der Waals surface area contributed by atoms with Crippen molar-refractivity contribution in [2.45, 2.75) is 98.3 Å². The molecule has 1 heterocycles. The number of aromatic nitrogens is 1. The number of fused-ring (bicyclic) bond motifs is 3. The Kier molecular flexibility index (Phi) is 10.8. The molecule has 3 aromatic carbocycles. The van der Waals surface area contributed by atoms with Crippen LogP contribution in [-0.4, -0.2) is 27.5 Å². The highest BCUT2D eigenvalue weighted by atomic mass is 16.6. The zero-order valence-corrected chi connectivity index (χ0v) is 25.1. The summed E-state index contributed by atoms with van der Waals surface area (Å²) in [5, 5.41) is 11.5. The number of carbonyl (C=O) groups is 2. The van der Waals surface area contributed by atoms with Gasteiger partial charge in [-0.05, 0) is 86.3 Å². The number of ketones is 2. The Morgan fingerprint density at radius 3 is 2.00 bits per heavy atom. The van der Waals surface area contributed by atoms with Gasteiger partial charge in [-0.25, -0.2) is 0 Å². The van der Waals surface area contributed by atoms with Crippen molar-refractivity contribution in [3.63, 3.8) is 0 Å². The first-order chi connectivity index (χ1) is 19.9. The average Bonchev–Trinajstić information content (AvgIpc) is 3.28. The number of hydrogen-bond acceptors (Lipinski definition) is 4. The first-order valence-electron chi connectivity index (χ1n) is 15.4. The number of hydrogen-bond donors (Lipinski definition) is 1. The van der Waals surface area contributed by atoms with Crippen LogP contribution in [0, 0.1) is 5.92 Å². The molecule has 0 spiro atoms. The molecule has 0 aliphatic carbocycles. The fourth-order valence-corrected chi connectivity index (χ4v) is 5.70. The summed E-state index contributed by atoms with van der Waals surface area (Å²) in [4.78, 5) is 26.6. The van der Waals surface area contributed by atoms with Gasteiger partial charge in [-0.15, -0.1) is 0 Å². The first kappa shape index (κ1) is 30.5. The van der Waals surface area contributed by atoms with Crippen molar-refractivity contribution in [1.29, 1.82) is 0 Å². The Morgan fingerprint density at radius 1 is 0.780 bits per heavy atom. The van der Waals surface area contributed by atoms with Crippen molar-refractivity contribution in [2.75, 3.05) is 0 Å². The fourth-order valence-electron chi connectivity index (χ4n) is 5.70. The van der Waals surface area contributed by atoms with Crippen molar-refractivity contribution in [2.24, 2.45) is 5.92 Å². The Hall–Kier alpha value is -3.44. The molecule has 4 aromatic rings. The highest BCUT2D eigenvalue weighted by Crippen LogP contribution is 2.33. The van der Waals surface area contributed by atoms with E-state index in [0.29, 0.717) is 29.2 Å². The van der Waals surface area contributed by atoms with Crippen LogP contribution in [0.4, 0.5) is 0 Å². The number of nitrogens with zero attached hydrogens (tertiary/aromatic N) is 1. The summed E-state index contributed by atoms with van der Waals surface area (Å²) >= 11 is 0. The standard InChI is InChI=1S/C36H45NO4/c1-5-8-10-11-13-35(39)28-16-20-33-31(22-28)32-23-29(36(40)27-14-18-30(19-15-27)41-25(4)38)17-21-34(32)37(33)24-26(7-3)12-9-6-2/h14-23,25-26,38H,5-13,24H2,1-4H3. The van der Waals surface area contributed by atoms with E-state index in [1.807, 2.05) is 24.3 Å². The lowest BCUT2D eigenvalue weighted by atomic mass is 9.99. The molecule has 2 unspecified atom stereocenters. The van der Waals surface area contributed by atoms with E-state index in [1.165, 1.54) is 19.3 Å². The van der Waals surface area contributed by atoms with Crippen LogP contribution < -0.4 is 4.74 Å². The van der Waals surface area contributed by atoms with E-state index in [2.05, 4.69) is 37.5 Å². The van der Waals surface area contributed by atoms with Crippen LogP contribution in [-0.2, 0) is 6.54 Å². The van der Waals surface area contributed by atoms with Crippen molar-refractivity contribution in [3.05, 3.63) is 77.4 Å². The first-order valence-corrected chi connectivity index (χ1v) is 15.4. The van der Waals surface area contributed by atoms with Crippen LogP contribution in [0.15, 0.2) is 60.7 Å². The number of aliphatic hydroxyl groups excluding tert-OH is 1. The molecule has 4 rings (SSSR count). The van der Waals surface area contributed by atoms with Gasteiger partial charge in [0.05, 0.1) is 0 Å². The van der Waals surface area contributed by atoms with E-state index in [-0.39, 0.29) is 11.6 Å². The van der Waals surface area contributed by atoms with E-state index in [1.54, 1.807) is 31.2 Å². The van der Waals surface area contributed by atoms with Crippen molar-refractivity contribution in [1.82, 2.24) is 4.57 Å². The third-order valence-electron chi connectivity index (χ3n) is 8.11. The van der Waals surface area contributed by atoms with E-state index in [4.69, 9.17) is 4.74 Å². The molecule has 1 aromatic heterocycles. The summed E-state index contributed by atoms with van der Waals surface area (Å²) in [5.41, 5.74) is 4.12. The molecule has 5 heteroatoms. The van der Waals surface area contributed by atoms with Gasteiger partial charge in [0, 0.05) is 51.5 Å². The minimum absolute atomic E-state index is 0.0751. The Bertz CT molecular complexity index is 1460. The van der Waals surface area contributed by atoms with E-state index < -0.39 is 6.29 Å². The topological polar surface area (TPSA) is 68.5 Å². The van der Waals surface area contributed by atoms with Gasteiger partial charge in [-0.3, -0.25) is 9.59 Å². The molecule has 41 heavy (non-hydrogen) atoms. The van der Waals surface area contributed by atoms with Crippen molar-refractivity contribution in [3.8, 4) is 5.75 Å². The maximum Gasteiger partial charge on any atom is 0.194 e. The van der Waals surface area contributed by atoms with E-state index in [0.717, 1.165) is 66.0 Å². The van der Waals surface area contributed by atoms with Crippen molar-refractivity contribution >= 4 is 33.4 Å². The molecule has 0 amide bonds. The molecule has 1 N–H and O–H groups in total. The van der Waals surface area contributed by atoms with Gasteiger partial charge in [0.1, 0.15) is 5.75 Å². The van der Waals surface area contributed by atoms with Crippen LogP contribution in [0.2, 0.25) is 0 Å². The highest BCUT2D eigenvalue weighted by molar-refractivity contribution is 6.15. The highest BCUT2D eigenvalue weighted by Gasteiger charge is 2.19. The third-order valence-corrected chi connectivity index (χ3v) is 8.11. The SMILES string of the molecule is CCCCCCC(=O)c1ccc2c(c1)c1cc(C(=O)c3ccc(OC(C)O)cc3)ccc1n2CC(CC)CCCC. The molecule has 2 atom stereocenters. The zero-order chi connectivity index (χ0) is 29.4. The summed E-state index contributed by atoms with van der Waals surface area (Å²) in [6.07, 6.45) is 8.66. The molecule has 5 nitrogen and oxygen atoms in total. The molecular formula is C36H45NO4. The second kappa shape index (κ2) is 14.5. The summed E-state index contributed by atoms with van der Waals surface area (Å²) in [6.45, 7) is 9.14. The molecule has 218 valence electrons. The summed E-state index contributed by atoms with van der Waals surface area (Å²) in [7, 11) is 0. The van der Waals surface area contributed by atoms with Crippen LogP contribution in [0.25, 0.3) is 21.8 Å². The van der Waals surface area contributed by atoms with Gasteiger partial charge in [0.15, 0.2) is 17.9 Å². The molecule has 0 aliphatic rings. The average molecular weight is 556 g/mol. The van der Waals surface area contributed by atoms with Gasteiger partial charge >= 0.3 is 0 Å². The minimum atomic E-state index is -0.918. The summed E-state index contributed by atoms with van der Waals surface area (Å²) in [5.74, 6) is 1.19. The predicted octanol–water partition coefficient (Wildman–Crippen LogP) is 9.11. The van der Waals surface area contributed by atoms with Gasteiger partial charge in [0.2, 0.25) is 0 Å². The number of aliphatic hydroxyl groups is 1. The van der Waals surface area contributed by atoms with Crippen LogP contribution in [0.5, 0.6) is 5.75 Å². The number of ether oxygens (including phenoxy) is 1. The molecule has 0 bridgehead atoms. The maximum atomic E-state index is 13.5. The van der Waals surface area contributed by atoms with Crippen molar-refractivity contribution < 1.29 is 19.4 Å². The predicted molar refractivity (Wildman–Crippen MR) is 168 cm³/mol.